The van der Waals surface area contributed by atoms with Crippen LogP contribution in [-0.2, 0) is 16.0 Å². The molecule has 0 radical (unpaired) electrons. The second-order valence-corrected chi connectivity index (χ2v) is 4.73. The van der Waals surface area contributed by atoms with Gasteiger partial charge >= 0.3 is 0 Å². The van der Waals surface area contributed by atoms with E-state index in [-0.39, 0.29) is 12.2 Å². The third-order valence-corrected chi connectivity index (χ3v) is 3.19. The van der Waals surface area contributed by atoms with E-state index in [1.807, 2.05) is 0 Å². The molecule has 98 valence electrons. The zero-order valence-electron chi connectivity index (χ0n) is 10.2. The Morgan fingerprint density at radius 1 is 1.28 bits per heavy atom. The number of nitrogens with two attached hydrogens (primary N) is 1. The van der Waals surface area contributed by atoms with Crippen LogP contribution in [0.2, 0.25) is 0 Å². The number of carboxylic acid groups (broad SMARTS) is 1. The van der Waals surface area contributed by atoms with Gasteiger partial charge in [0.25, 0.3) is 0 Å². The van der Waals surface area contributed by atoms with Crippen molar-refractivity contribution in [3.05, 3.63) is 17.0 Å². The van der Waals surface area contributed by atoms with Crippen LogP contribution in [0.4, 0.5) is 0 Å². The first-order valence-corrected chi connectivity index (χ1v) is 6.33. The Morgan fingerprint density at radius 3 is 2.28 bits per heavy atom. The molecular weight excluding hydrogens is 254 g/mol. The normalized spacial score (nSPS) is 10.3. The van der Waals surface area contributed by atoms with Gasteiger partial charge in [-0.05, 0) is 32.3 Å². The predicted octanol–water partition coefficient (Wildman–Crippen LogP) is -0.647. The highest BCUT2D eigenvalue weighted by atomic mass is 32.2. The minimum Gasteiger partial charge on any atom is -0.550 e. The molecule has 0 aliphatic rings. The van der Waals surface area contributed by atoms with Crippen LogP contribution < -0.4 is 10.8 Å². The molecule has 0 fully saturated rings. The summed E-state index contributed by atoms with van der Waals surface area (Å²) in [4.78, 5) is 29.5. The maximum atomic E-state index is 10.7. The summed E-state index contributed by atoms with van der Waals surface area (Å²) in [6.45, 7) is 3.57. The lowest BCUT2D eigenvalue weighted by atomic mass is 10.1. The number of carboxylic acids is 1. The largest absolute Gasteiger partial charge is 0.550 e. The topological polar surface area (TPSA) is 109 Å². The smallest absolute Gasteiger partial charge is 0.227 e. The summed E-state index contributed by atoms with van der Waals surface area (Å²) in [5.41, 5.74) is 7.28. The zero-order valence-corrected chi connectivity index (χ0v) is 11.0. The monoisotopic (exact) mass is 268 g/mol. The van der Waals surface area contributed by atoms with E-state index in [4.69, 9.17) is 5.73 Å². The van der Waals surface area contributed by atoms with Gasteiger partial charge in [0, 0.05) is 17.4 Å². The number of carbonyl (C=O) groups excluding carboxylic acids is 2. The molecule has 0 aromatic carbocycles. The Morgan fingerprint density at radius 2 is 1.83 bits per heavy atom. The molecule has 1 heterocycles. The third-order valence-electron chi connectivity index (χ3n) is 2.32. The number of nitrogens with zero attached hydrogens (tertiary/aromatic N) is 2. The molecule has 0 unspecified atom stereocenters. The molecule has 0 bridgehead atoms. The SMILES string of the molecule is Cc1nc(SCC(N)=O)nc(C)c1CCC(=O)[O-]. The molecule has 0 atom stereocenters. The van der Waals surface area contributed by atoms with Crippen molar-refractivity contribution in [2.75, 3.05) is 5.75 Å². The second kappa shape index (κ2) is 6.34. The van der Waals surface area contributed by atoms with Gasteiger partial charge in [-0.15, -0.1) is 0 Å². The van der Waals surface area contributed by atoms with Gasteiger partial charge in [0.1, 0.15) is 0 Å². The summed E-state index contributed by atoms with van der Waals surface area (Å²) in [7, 11) is 0. The van der Waals surface area contributed by atoms with E-state index in [1.54, 1.807) is 13.8 Å². The van der Waals surface area contributed by atoms with Gasteiger partial charge in [-0.1, -0.05) is 11.8 Å². The van der Waals surface area contributed by atoms with E-state index < -0.39 is 11.9 Å². The Bertz CT molecular complexity index is 454. The quantitative estimate of drug-likeness (QED) is 0.542. The number of aryl methyl sites for hydroxylation is 2. The number of thioether (sulfide) groups is 1. The second-order valence-electron chi connectivity index (χ2n) is 3.78. The average molecular weight is 268 g/mol. The van der Waals surface area contributed by atoms with Crippen LogP contribution in [-0.4, -0.2) is 27.6 Å². The molecule has 7 heteroatoms. The van der Waals surface area contributed by atoms with E-state index >= 15 is 0 Å². The van der Waals surface area contributed by atoms with Gasteiger partial charge < -0.3 is 15.6 Å². The zero-order chi connectivity index (χ0) is 13.7. The highest BCUT2D eigenvalue weighted by molar-refractivity contribution is 7.99. The highest BCUT2D eigenvalue weighted by Crippen LogP contribution is 2.18. The van der Waals surface area contributed by atoms with Crippen LogP contribution in [0.25, 0.3) is 0 Å². The molecule has 0 aliphatic heterocycles. The molecule has 1 amide bonds. The van der Waals surface area contributed by atoms with Crippen molar-refractivity contribution in [1.82, 2.24) is 9.97 Å². The van der Waals surface area contributed by atoms with Crippen molar-refractivity contribution in [3.8, 4) is 0 Å². The van der Waals surface area contributed by atoms with E-state index in [9.17, 15) is 14.7 Å². The Labute approximate surface area is 109 Å². The number of aromatic nitrogens is 2. The number of rotatable bonds is 6. The number of hydrogen-bond acceptors (Lipinski definition) is 6. The van der Waals surface area contributed by atoms with Gasteiger partial charge in [0.2, 0.25) is 5.91 Å². The molecule has 0 saturated carbocycles. The number of carbonyl (C=O) groups is 2. The van der Waals surface area contributed by atoms with E-state index in [2.05, 4.69) is 9.97 Å². The molecular formula is C11H14N3O3S-. The number of hydrogen-bond donors (Lipinski definition) is 1. The van der Waals surface area contributed by atoms with Gasteiger partial charge in [0.05, 0.1) is 5.75 Å². The van der Waals surface area contributed by atoms with Crippen LogP contribution in [0.3, 0.4) is 0 Å². The molecule has 1 aromatic heterocycles. The lowest BCUT2D eigenvalue weighted by molar-refractivity contribution is -0.305. The fourth-order valence-corrected chi connectivity index (χ4v) is 2.17. The number of amides is 1. The van der Waals surface area contributed by atoms with Crippen molar-refractivity contribution < 1.29 is 14.7 Å². The van der Waals surface area contributed by atoms with Crippen LogP contribution >= 0.6 is 11.8 Å². The fraction of sp³-hybridized carbons (Fsp3) is 0.455. The average Bonchev–Trinajstić information content (AvgIpc) is 2.24. The van der Waals surface area contributed by atoms with Crippen LogP contribution in [0.1, 0.15) is 23.4 Å². The van der Waals surface area contributed by atoms with Gasteiger partial charge in [-0.3, -0.25) is 4.79 Å². The fourth-order valence-electron chi connectivity index (χ4n) is 1.50. The van der Waals surface area contributed by atoms with E-state index in [1.165, 1.54) is 0 Å². The standard InChI is InChI=1S/C11H15N3O3S/c1-6-8(3-4-10(16)17)7(2)14-11(13-6)18-5-9(12)15/h3-5H2,1-2H3,(H2,12,15)(H,16,17)/p-1. The van der Waals surface area contributed by atoms with Crippen molar-refractivity contribution in [3.63, 3.8) is 0 Å². The molecule has 18 heavy (non-hydrogen) atoms. The summed E-state index contributed by atoms with van der Waals surface area (Å²) in [5, 5.41) is 10.9. The molecule has 2 N–H and O–H groups in total. The highest BCUT2D eigenvalue weighted by Gasteiger charge is 2.09. The maximum absolute atomic E-state index is 10.7. The van der Waals surface area contributed by atoms with Gasteiger partial charge in [-0.2, -0.15) is 0 Å². The lowest BCUT2D eigenvalue weighted by Gasteiger charge is -2.10. The first-order valence-electron chi connectivity index (χ1n) is 5.35. The summed E-state index contributed by atoms with van der Waals surface area (Å²) in [6.07, 6.45) is 0.291. The Hall–Kier alpha value is -1.63. The third kappa shape index (κ3) is 4.33. The van der Waals surface area contributed by atoms with E-state index in [0.29, 0.717) is 11.6 Å². The van der Waals surface area contributed by atoms with Crippen LogP contribution in [0.15, 0.2) is 5.16 Å². The summed E-state index contributed by atoms with van der Waals surface area (Å²) < 4.78 is 0. The molecule has 1 aromatic rings. The maximum Gasteiger partial charge on any atom is 0.227 e. The van der Waals surface area contributed by atoms with Crippen molar-refractivity contribution in [2.45, 2.75) is 31.8 Å². The first-order chi connectivity index (χ1) is 8.40. The van der Waals surface area contributed by atoms with Crippen molar-refractivity contribution >= 4 is 23.6 Å². The summed E-state index contributed by atoms with van der Waals surface area (Å²) in [6, 6.07) is 0. The van der Waals surface area contributed by atoms with Crippen molar-refractivity contribution in [2.24, 2.45) is 5.73 Å². The molecule has 0 saturated heterocycles. The minimum atomic E-state index is -1.10. The number of primary amides is 1. The van der Waals surface area contributed by atoms with Crippen LogP contribution in [0.5, 0.6) is 0 Å². The predicted molar refractivity (Wildman–Crippen MR) is 64.8 cm³/mol. The Balaban J connectivity index is 2.83. The van der Waals surface area contributed by atoms with Crippen LogP contribution in [0, 0.1) is 13.8 Å². The molecule has 0 spiro atoms. The first kappa shape index (κ1) is 14.4. The van der Waals surface area contributed by atoms with Gasteiger partial charge in [0.15, 0.2) is 5.16 Å². The summed E-state index contributed by atoms with van der Waals surface area (Å²) >= 11 is 1.16. The summed E-state index contributed by atoms with van der Waals surface area (Å²) in [5.74, 6) is -1.40. The minimum absolute atomic E-state index is 0.0567. The van der Waals surface area contributed by atoms with E-state index in [0.717, 1.165) is 28.7 Å². The van der Waals surface area contributed by atoms with Gasteiger partial charge in [-0.25, -0.2) is 9.97 Å². The molecule has 0 aliphatic carbocycles. The Kier molecular flexibility index (Phi) is 5.08. The number of aliphatic carboxylic acids is 1. The lowest BCUT2D eigenvalue weighted by Crippen LogP contribution is -2.22. The molecule has 1 rings (SSSR count). The van der Waals surface area contributed by atoms with Crippen molar-refractivity contribution in [1.29, 1.82) is 0 Å². The molecule has 6 nitrogen and oxygen atoms in total.